The molecular weight excluding hydrogens is 203 g/mol. The highest BCUT2D eigenvalue weighted by molar-refractivity contribution is 5.94. The van der Waals surface area contributed by atoms with E-state index < -0.39 is 23.7 Å². The number of aromatic nitrogens is 1. The molecule has 1 aromatic heterocycles. The van der Waals surface area contributed by atoms with Gasteiger partial charge >= 0.3 is 5.97 Å². The first-order chi connectivity index (χ1) is 7.00. The summed E-state index contributed by atoms with van der Waals surface area (Å²) in [7, 11) is 0. The van der Waals surface area contributed by atoms with Crippen LogP contribution in [0.25, 0.3) is 0 Å². The van der Waals surface area contributed by atoms with Crippen LogP contribution in [0.4, 0.5) is 4.39 Å². The Kier molecular flexibility index (Phi) is 3.33. The van der Waals surface area contributed by atoms with E-state index >= 15 is 0 Å². The van der Waals surface area contributed by atoms with Crippen molar-refractivity contribution in [2.45, 2.75) is 13.0 Å². The van der Waals surface area contributed by atoms with Gasteiger partial charge in [0.15, 0.2) is 0 Å². The number of carboxylic acid groups (broad SMARTS) is 1. The van der Waals surface area contributed by atoms with Crippen molar-refractivity contribution >= 4 is 11.9 Å². The van der Waals surface area contributed by atoms with Crippen LogP contribution in [0.3, 0.4) is 0 Å². The van der Waals surface area contributed by atoms with Crippen molar-refractivity contribution in [1.82, 2.24) is 10.3 Å². The number of pyridine rings is 1. The molecule has 1 aromatic rings. The third-order valence-corrected chi connectivity index (χ3v) is 1.68. The molecule has 0 aliphatic carbocycles. The number of carboxylic acids is 1. The summed E-state index contributed by atoms with van der Waals surface area (Å²) in [4.78, 5) is 25.2. The second kappa shape index (κ2) is 4.50. The van der Waals surface area contributed by atoms with E-state index in [1.165, 1.54) is 13.0 Å². The predicted molar refractivity (Wildman–Crippen MR) is 48.8 cm³/mol. The number of hydrogen-bond donors (Lipinski definition) is 2. The number of halogens is 1. The first kappa shape index (κ1) is 11.1. The zero-order valence-electron chi connectivity index (χ0n) is 7.90. The molecule has 1 rings (SSSR count). The van der Waals surface area contributed by atoms with Crippen LogP contribution in [0.2, 0.25) is 0 Å². The van der Waals surface area contributed by atoms with Gasteiger partial charge in [-0.1, -0.05) is 0 Å². The van der Waals surface area contributed by atoms with Gasteiger partial charge in [0.05, 0.1) is 6.20 Å². The molecule has 0 aromatic carbocycles. The third-order valence-electron chi connectivity index (χ3n) is 1.68. The van der Waals surface area contributed by atoms with Crippen LogP contribution < -0.4 is 5.32 Å². The molecule has 1 atom stereocenters. The molecule has 6 heteroatoms. The van der Waals surface area contributed by atoms with Crippen molar-refractivity contribution in [1.29, 1.82) is 0 Å². The van der Waals surface area contributed by atoms with E-state index in [-0.39, 0.29) is 5.69 Å². The molecular formula is C9H9FN2O3. The average Bonchev–Trinajstić information content (AvgIpc) is 2.18. The van der Waals surface area contributed by atoms with Crippen LogP contribution in [0.5, 0.6) is 0 Å². The lowest BCUT2D eigenvalue weighted by atomic mass is 10.3. The summed E-state index contributed by atoms with van der Waals surface area (Å²) in [5.74, 6) is -2.35. The number of carbonyl (C=O) groups excluding carboxylic acids is 1. The zero-order valence-corrected chi connectivity index (χ0v) is 7.90. The number of carbonyl (C=O) groups is 2. The lowest BCUT2D eigenvalue weighted by molar-refractivity contribution is -0.138. The predicted octanol–water partition coefficient (Wildman–Crippen LogP) is 0.424. The van der Waals surface area contributed by atoms with Gasteiger partial charge < -0.3 is 10.4 Å². The Morgan fingerprint density at radius 2 is 2.20 bits per heavy atom. The van der Waals surface area contributed by atoms with Gasteiger partial charge in [-0.25, -0.2) is 9.37 Å². The number of aliphatic carboxylic acids is 1. The maximum Gasteiger partial charge on any atom is 0.325 e. The summed E-state index contributed by atoms with van der Waals surface area (Å²) in [6.45, 7) is 1.32. The summed E-state index contributed by atoms with van der Waals surface area (Å²) >= 11 is 0. The van der Waals surface area contributed by atoms with Crippen molar-refractivity contribution in [3.63, 3.8) is 0 Å². The minimum Gasteiger partial charge on any atom is -0.480 e. The summed E-state index contributed by atoms with van der Waals surface area (Å²) in [5.41, 5.74) is -0.0236. The fourth-order valence-corrected chi connectivity index (χ4v) is 0.842. The topological polar surface area (TPSA) is 79.3 Å². The molecule has 0 bridgehead atoms. The largest absolute Gasteiger partial charge is 0.480 e. The van der Waals surface area contributed by atoms with E-state index in [2.05, 4.69) is 10.3 Å². The molecule has 0 aliphatic rings. The first-order valence-electron chi connectivity index (χ1n) is 4.16. The Balaban J connectivity index is 2.69. The average molecular weight is 212 g/mol. The quantitative estimate of drug-likeness (QED) is 0.761. The van der Waals surface area contributed by atoms with Gasteiger partial charge in [-0.2, -0.15) is 0 Å². The Labute approximate surface area is 84.9 Å². The van der Waals surface area contributed by atoms with Crippen LogP contribution >= 0.6 is 0 Å². The number of rotatable bonds is 3. The Morgan fingerprint density at radius 3 is 2.67 bits per heavy atom. The highest BCUT2D eigenvalue weighted by Gasteiger charge is 2.15. The molecule has 0 radical (unpaired) electrons. The summed E-state index contributed by atoms with van der Waals surface area (Å²) in [5, 5.41) is 10.7. The van der Waals surface area contributed by atoms with Gasteiger partial charge in [-0.05, 0) is 19.1 Å². The second-order valence-electron chi connectivity index (χ2n) is 2.90. The summed E-state index contributed by atoms with van der Waals surface area (Å²) in [6, 6.07) is 1.25. The van der Waals surface area contributed by atoms with Crippen molar-refractivity contribution in [3.05, 3.63) is 29.8 Å². The maximum atomic E-state index is 12.5. The van der Waals surface area contributed by atoms with Gasteiger partial charge in [0.25, 0.3) is 5.91 Å². The zero-order chi connectivity index (χ0) is 11.4. The van der Waals surface area contributed by atoms with Gasteiger partial charge in [-0.15, -0.1) is 0 Å². The number of hydrogen-bond acceptors (Lipinski definition) is 3. The monoisotopic (exact) mass is 212 g/mol. The van der Waals surface area contributed by atoms with Crippen molar-refractivity contribution in [3.8, 4) is 0 Å². The number of nitrogens with zero attached hydrogens (tertiary/aromatic N) is 1. The normalized spacial score (nSPS) is 11.9. The fourth-order valence-electron chi connectivity index (χ4n) is 0.842. The van der Waals surface area contributed by atoms with E-state index in [9.17, 15) is 14.0 Å². The summed E-state index contributed by atoms with van der Waals surface area (Å²) in [6.07, 6.45) is 0.889. The van der Waals surface area contributed by atoms with E-state index in [4.69, 9.17) is 5.11 Å². The molecule has 0 unspecified atom stereocenters. The molecule has 15 heavy (non-hydrogen) atoms. The second-order valence-corrected chi connectivity index (χ2v) is 2.90. The van der Waals surface area contributed by atoms with Crippen molar-refractivity contribution < 1.29 is 19.1 Å². The number of nitrogens with one attached hydrogen (secondary N) is 1. The third kappa shape index (κ3) is 3.01. The lowest BCUT2D eigenvalue weighted by Crippen LogP contribution is -2.38. The molecule has 2 N–H and O–H groups in total. The van der Waals surface area contributed by atoms with Gasteiger partial charge in [-0.3, -0.25) is 9.59 Å². The Hall–Kier alpha value is -1.98. The van der Waals surface area contributed by atoms with Crippen molar-refractivity contribution in [2.24, 2.45) is 0 Å². The van der Waals surface area contributed by atoms with Gasteiger partial charge in [0.1, 0.15) is 17.6 Å². The van der Waals surface area contributed by atoms with E-state index in [1.807, 2.05) is 0 Å². The van der Waals surface area contributed by atoms with Crippen LogP contribution in [0.15, 0.2) is 18.3 Å². The smallest absolute Gasteiger partial charge is 0.325 e. The van der Waals surface area contributed by atoms with Crippen LogP contribution in [-0.4, -0.2) is 28.0 Å². The summed E-state index contributed by atoms with van der Waals surface area (Å²) < 4.78 is 12.5. The van der Waals surface area contributed by atoms with Gasteiger partial charge in [0, 0.05) is 0 Å². The highest BCUT2D eigenvalue weighted by atomic mass is 19.1. The van der Waals surface area contributed by atoms with Crippen LogP contribution in [0, 0.1) is 5.82 Å². The first-order valence-corrected chi connectivity index (χ1v) is 4.16. The van der Waals surface area contributed by atoms with Crippen molar-refractivity contribution in [2.75, 3.05) is 0 Å². The SMILES string of the molecule is C[C@@H](NC(=O)c1ccc(F)cn1)C(=O)O. The molecule has 0 aliphatic heterocycles. The molecule has 1 amide bonds. The Bertz CT molecular complexity index is 377. The molecule has 1 heterocycles. The maximum absolute atomic E-state index is 12.5. The molecule has 0 spiro atoms. The molecule has 0 saturated heterocycles. The Morgan fingerprint density at radius 1 is 1.53 bits per heavy atom. The van der Waals surface area contributed by atoms with Crippen LogP contribution in [-0.2, 0) is 4.79 Å². The van der Waals surface area contributed by atoms with Gasteiger partial charge in [0.2, 0.25) is 0 Å². The fraction of sp³-hybridized carbons (Fsp3) is 0.222. The minimum absolute atomic E-state index is 0.0236. The standard InChI is InChI=1S/C9H9FN2O3/c1-5(9(14)15)12-8(13)7-3-2-6(10)4-11-7/h2-5H,1H3,(H,12,13)(H,14,15)/t5-/m1/s1. The molecule has 5 nitrogen and oxygen atoms in total. The number of amides is 1. The van der Waals surface area contributed by atoms with E-state index in [1.54, 1.807) is 0 Å². The van der Waals surface area contributed by atoms with Crippen LogP contribution in [0.1, 0.15) is 17.4 Å². The molecule has 0 fully saturated rings. The molecule has 80 valence electrons. The molecule has 0 saturated carbocycles. The lowest BCUT2D eigenvalue weighted by Gasteiger charge is -2.08. The van der Waals surface area contributed by atoms with E-state index in [0.717, 1.165) is 12.3 Å². The minimum atomic E-state index is -1.15. The van der Waals surface area contributed by atoms with E-state index in [0.29, 0.717) is 0 Å². The highest BCUT2D eigenvalue weighted by Crippen LogP contribution is 1.98.